The second-order valence-electron chi connectivity index (χ2n) is 5.76. The average Bonchev–Trinajstić information content (AvgIpc) is 3.23. The molecule has 19 heavy (non-hydrogen) atoms. The van der Waals surface area contributed by atoms with Crippen LogP contribution in [0.25, 0.3) is 10.2 Å². The zero-order valence-corrected chi connectivity index (χ0v) is 12.4. The molecule has 2 saturated carbocycles. The minimum Gasteiger partial charge on any atom is -0.366 e. The van der Waals surface area contributed by atoms with E-state index in [4.69, 9.17) is 11.6 Å². The van der Waals surface area contributed by atoms with E-state index in [9.17, 15) is 0 Å². The molecule has 0 unspecified atom stereocenters. The maximum absolute atomic E-state index is 6.05. The fourth-order valence-corrected chi connectivity index (χ4v) is 3.91. The summed E-state index contributed by atoms with van der Waals surface area (Å²) in [4.78, 5) is 11.0. The van der Waals surface area contributed by atoms with E-state index in [0.717, 1.165) is 27.9 Å². The summed E-state index contributed by atoms with van der Waals surface area (Å²) in [6.45, 7) is 2.10. The zero-order valence-electron chi connectivity index (χ0n) is 10.8. The summed E-state index contributed by atoms with van der Waals surface area (Å²) in [6, 6.07) is 2.75. The van der Waals surface area contributed by atoms with Crippen LogP contribution in [0.3, 0.4) is 0 Å². The van der Waals surface area contributed by atoms with Crippen molar-refractivity contribution in [3.63, 3.8) is 0 Å². The van der Waals surface area contributed by atoms with E-state index in [1.165, 1.54) is 30.6 Å². The van der Waals surface area contributed by atoms with Crippen molar-refractivity contribution >= 4 is 39.0 Å². The number of nitrogens with one attached hydrogen (secondary N) is 1. The van der Waals surface area contributed by atoms with Gasteiger partial charge in [0.05, 0.1) is 5.39 Å². The molecule has 2 heterocycles. The number of thiophene rings is 1. The van der Waals surface area contributed by atoms with E-state index >= 15 is 0 Å². The van der Waals surface area contributed by atoms with Gasteiger partial charge in [0, 0.05) is 10.9 Å². The van der Waals surface area contributed by atoms with Crippen molar-refractivity contribution in [1.82, 2.24) is 9.97 Å². The highest BCUT2D eigenvalue weighted by molar-refractivity contribution is 7.18. The van der Waals surface area contributed by atoms with Crippen LogP contribution in [0.4, 0.5) is 5.82 Å². The molecule has 4 rings (SSSR count). The van der Waals surface area contributed by atoms with Gasteiger partial charge in [-0.05, 0) is 62.1 Å². The molecule has 0 aromatic carbocycles. The van der Waals surface area contributed by atoms with Gasteiger partial charge in [0.2, 0.25) is 5.28 Å². The van der Waals surface area contributed by atoms with E-state index in [0.29, 0.717) is 11.3 Å². The lowest BCUT2D eigenvalue weighted by molar-refractivity contribution is 0.566. The molecule has 100 valence electrons. The molecule has 0 spiro atoms. The van der Waals surface area contributed by atoms with Crippen LogP contribution < -0.4 is 5.32 Å². The van der Waals surface area contributed by atoms with E-state index < -0.39 is 0 Å². The Balaban J connectivity index is 1.72. The Morgan fingerprint density at radius 1 is 1.26 bits per heavy atom. The lowest BCUT2D eigenvalue weighted by Gasteiger charge is -2.18. The van der Waals surface area contributed by atoms with Crippen LogP contribution in [0, 0.1) is 18.8 Å². The van der Waals surface area contributed by atoms with Crippen LogP contribution in [0.5, 0.6) is 0 Å². The number of aromatic nitrogens is 2. The smallest absolute Gasteiger partial charge is 0.225 e. The fraction of sp³-hybridized carbons (Fsp3) is 0.571. The molecule has 0 radical (unpaired) electrons. The lowest BCUT2D eigenvalue weighted by Crippen LogP contribution is -2.25. The second kappa shape index (κ2) is 4.32. The summed E-state index contributed by atoms with van der Waals surface area (Å²) in [5.74, 6) is 2.62. The Morgan fingerprint density at radius 3 is 2.58 bits per heavy atom. The molecule has 5 heteroatoms. The number of aryl methyl sites for hydroxylation is 1. The van der Waals surface area contributed by atoms with E-state index in [1.807, 2.05) is 0 Å². The van der Waals surface area contributed by atoms with Crippen LogP contribution in [0.2, 0.25) is 5.28 Å². The van der Waals surface area contributed by atoms with E-state index in [-0.39, 0.29) is 0 Å². The number of anilines is 1. The predicted molar refractivity (Wildman–Crippen MR) is 80.0 cm³/mol. The summed E-state index contributed by atoms with van der Waals surface area (Å²) in [5, 5.41) is 5.14. The largest absolute Gasteiger partial charge is 0.366 e. The highest BCUT2D eigenvalue weighted by atomic mass is 35.5. The predicted octanol–water partition coefficient (Wildman–Crippen LogP) is 4.25. The molecule has 2 aromatic rings. The number of fused-ring (bicyclic) bond motifs is 1. The molecular weight excluding hydrogens is 278 g/mol. The zero-order chi connectivity index (χ0) is 13.0. The minimum atomic E-state index is 0.349. The third-order valence-corrected chi connectivity index (χ3v) is 5.17. The van der Waals surface area contributed by atoms with Gasteiger partial charge in [0.1, 0.15) is 10.6 Å². The van der Waals surface area contributed by atoms with Gasteiger partial charge >= 0.3 is 0 Å². The number of nitrogens with zero attached hydrogens (tertiary/aromatic N) is 2. The van der Waals surface area contributed by atoms with Crippen molar-refractivity contribution in [2.24, 2.45) is 11.8 Å². The van der Waals surface area contributed by atoms with Crippen molar-refractivity contribution < 1.29 is 0 Å². The highest BCUT2D eigenvalue weighted by Gasteiger charge is 2.41. The topological polar surface area (TPSA) is 37.8 Å². The fourth-order valence-electron chi connectivity index (χ4n) is 2.82. The first-order valence-electron chi connectivity index (χ1n) is 6.91. The van der Waals surface area contributed by atoms with Crippen LogP contribution in [0.15, 0.2) is 6.07 Å². The highest BCUT2D eigenvalue weighted by Crippen LogP contribution is 2.46. The maximum atomic E-state index is 6.05. The van der Waals surface area contributed by atoms with Gasteiger partial charge in [-0.15, -0.1) is 11.3 Å². The maximum Gasteiger partial charge on any atom is 0.225 e. The number of halogens is 1. The Labute approximate surface area is 121 Å². The first-order chi connectivity index (χ1) is 9.20. The lowest BCUT2D eigenvalue weighted by atomic mass is 10.1. The molecule has 0 atom stereocenters. The van der Waals surface area contributed by atoms with Crippen LogP contribution in [0.1, 0.15) is 30.6 Å². The molecule has 3 nitrogen and oxygen atoms in total. The molecule has 1 N–H and O–H groups in total. The van der Waals surface area contributed by atoms with Gasteiger partial charge in [0.15, 0.2) is 0 Å². The van der Waals surface area contributed by atoms with Crippen LogP contribution in [-0.2, 0) is 0 Å². The van der Waals surface area contributed by atoms with Gasteiger partial charge in [-0.3, -0.25) is 0 Å². The van der Waals surface area contributed by atoms with Crippen molar-refractivity contribution in [3.8, 4) is 0 Å². The third-order valence-electron chi connectivity index (χ3n) is 4.05. The molecule has 2 aliphatic rings. The van der Waals surface area contributed by atoms with Gasteiger partial charge in [-0.25, -0.2) is 9.97 Å². The SMILES string of the molecule is Cc1cc2c(NC(C3CC3)C3CC3)nc(Cl)nc2s1. The Hall–Kier alpha value is -0.870. The number of hydrogen-bond donors (Lipinski definition) is 1. The molecular formula is C14H16ClN3S. The molecule has 2 aliphatic carbocycles. The van der Waals surface area contributed by atoms with Crippen LogP contribution in [-0.4, -0.2) is 16.0 Å². The monoisotopic (exact) mass is 293 g/mol. The van der Waals surface area contributed by atoms with Crippen molar-refractivity contribution in [2.45, 2.75) is 38.6 Å². The second-order valence-corrected chi connectivity index (χ2v) is 7.33. The molecule has 0 amide bonds. The summed E-state index contributed by atoms with van der Waals surface area (Å²) >= 11 is 7.73. The molecule has 0 bridgehead atoms. The Morgan fingerprint density at radius 2 is 1.95 bits per heavy atom. The van der Waals surface area contributed by atoms with Gasteiger partial charge in [0.25, 0.3) is 0 Å². The molecule has 0 aliphatic heterocycles. The summed E-state index contributed by atoms with van der Waals surface area (Å²) in [6.07, 6.45) is 5.44. The van der Waals surface area contributed by atoms with E-state index in [1.54, 1.807) is 11.3 Å². The normalized spacial score (nSPS) is 19.3. The minimum absolute atomic E-state index is 0.349. The average molecular weight is 294 g/mol. The molecule has 2 aromatic heterocycles. The summed E-state index contributed by atoms with van der Waals surface area (Å²) in [7, 11) is 0. The first kappa shape index (κ1) is 11.9. The van der Waals surface area contributed by atoms with Crippen molar-refractivity contribution in [2.75, 3.05) is 5.32 Å². The van der Waals surface area contributed by atoms with Crippen molar-refractivity contribution in [1.29, 1.82) is 0 Å². The molecule has 0 saturated heterocycles. The van der Waals surface area contributed by atoms with Crippen LogP contribution >= 0.6 is 22.9 Å². The third kappa shape index (κ3) is 2.32. The van der Waals surface area contributed by atoms with Gasteiger partial charge in [-0.2, -0.15) is 0 Å². The quantitative estimate of drug-likeness (QED) is 0.856. The summed E-state index contributed by atoms with van der Waals surface area (Å²) < 4.78 is 0. The molecule has 2 fully saturated rings. The number of hydrogen-bond acceptors (Lipinski definition) is 4. The Bertz CT molecular complexity index is 619. The van der Waals surface area contributed by atoms with Gasteiger partial charge in [-0.1, -0.05) is 0 Å². The van der Waals surface area contributed by atoms with E-state index in [2.05, 4.69) is 28.3 Å². The van der Waals surface area contributed by atoms with Gasteiger partial charge < -0.3 is 5.32 Å². The summed E-state index contributed by atoms with van der Waals surface area (Å²) in [5.41, 5.74) is 0. The standard InChI is InChI=1S/C14H16ClN3S/c1-7-6-10-12(17-14(15)18-13(10)19-7)16-11(8-2-3-8)9-4-5-9/h6,8-9,11H,2-5H2,1H3,(H,16,17,18). The Kier molecular flexibility index (Phi) is 2.71. The first-order valence-corrected chi connectivity index (χ1v) is 8.10. The van der Waals surface area contributed by atoms with Crippen molar-refractivity contribution in [3.05, 3.63) is 16.2 Å². The number of rotatable bonds is 4.